The van der Waals surface area contributed by atoms with Gasteiger partial charge in [-0.3, -0.25) is 9.59 Å². The minimum atomic E-state index is -3.81. The molecule has 0 aliphatic carbocycles. The number of hydrogen-bond donors (Lipinski definition) is 2. The van der Waals surface area contributed by atoms with E-state index < -0.39 is 20.6 Å². The van der Waals surface area contributed by atoms with E-state index in [9.17, 15) is 23.1 Å². The molecule has 1 unspecified atom stereocenters. The van der Waals surface area contributed by atoms with E-state index in [1.165, 1.54) is 0 Å². The van der Waals surface area contributed by atoms with Gasteiger partial charge in [-0.05, 0) is 31.4 Å². The SMILES string of the molecule is CC(CCc1ccc(-c2ccccc2)[nH]c1=O)(C(=O)O)S(C)(=O)=O. The molecule has 1 heterocycles. The van der Waals surface area contributed by atoms with E-state index >= 15 is 0 Å². The fraction of sp³-hybridized carbons (Fsp3) is 0.294. The van der Waals surface area contributed by atoms with Crippen molar-refractivity contribution in [2.45, 2.75) is 24.5 Å². The van der Waals surface area contributed by atoms with Crippen molar-refractivity contribution in [3.05, 3.63) is 58.4 Å². The summed E-state index contributed by atoms with van der Waals surface area (Å²) in [5.41, 5.74) is 1.50. The average molecular weight is 349 g/mol. The van der Waals surface area contributed by atoms with E-state index in [1.807, 2.05) is 30.3 Å². The van der Waals surface area contributed by atoms with Crippen molar-refractivity contribution in [3.8, 4) is 11.3 Å². The van der Waals surface area contributed by atoms with Gasteiger partial charge in [-0.15, -0.1) is 0 Å². The Morgan fingerprint density at radius 1 is 1.17 bits per heavy atom. The van der Waals surface area contributed by atoms with Gasteiger partial charge in [-0.1, -0.05) is 36.4 Å². The van der Waals surface area contributed by atoms with Crippen LogP contribution in [0, 0.1) is 0 Å². The summed E-state index contributed by atoms with van der Waals surface area (Å²) in [7, 11) is -3.81. The molecule has 24 heavy (non-hydrogen) atoms. The molecule has 1 aromatic heterocycles. The lowest BCUT2D eigenvalue weighted by molar-refractivity contribution is -0.139. The largest absolute Gasteiger partial charge is 0.480 e. The van der Waals surface area contributed by atoms with E-state index in [4.69, 9.17) is 0 Å². The first kappa shape index (κ1) is 17.9. The van der Waals surface area contributed by atoms with Crippen molar-refractivity contribution in [1.82, 2.24) is 4.98 Å². The van der Waals surface area contributed by atoms with Crippen LogP contribution >= 0.6 is 0 Å². The maximum Gasteiger partial charge on any atom is 0.324 e. The number of carboxylic acids is 1. The van der Waals surface area contributed by atoms with Crippen molar-refractivity contribution >= 4 is 15.8 Å². The second kappa shape index (κ2) is 6.60. The summed E-state index contributed by atoms with van der Waals surface area (Å²) in [6.07, 6.45) is 0.777. The Labute approximate surface area is 140 Å². The van der Waals surface area contributed by atoms with E-state index in [2.05, 4.69) is 4.98 Å². The zero-order valence-electron chi connectivity index (χ0n) is 13.4. The number of aromatic amines is 1. The van der Waals surface area contributed by atoms with Crippen LogP contribution in [0.5, 0.6) is 0 Å². The van der Waals surface area contributed by atoms with Crippen LogP contribution in [0.15, 0.2) is 47.3 Å². The lowest BCUT2D eigenvalue weighted by atomic mass is 10.0. The van der Waals surface area contributed by atoms with Crippen molar-refractivity contribution < 1.29 is 18.3 Å². The first-order valence-corrected chi connectivity index (χ1v) is 9.25. The highest BCUT2D eigenvalue weighted by Gasteiger charge is 2.43. The Kier molecular flexibility index (Phi) is 4.94. The van der Waals surface area contributed by atoms with Crippen molar-refractivity contribution in [2.24, 2.45) is 0 Å². The number of benzene rings is 1. The van der Waals surface area contributed by atoms with Crippen molar-refractivity contribution in [1.29, 1.82) is 0 Å². The second-order valence-electron chi connectivity index (χ2n) is 5.90. The van der Waals surface area contributed by atoms with Gasteiger partial charge >= 0.3 is 5.97 Å². The summed E-state index contributed by atoms with van der Waals surface area (Å²) in [6, 6.07) is 12.6. The van der Waals surface area contributed by atoms with Crippen LogP contribution in [0.4, 0.5) is 0 Å². The molecule has 2 rings (SSSR count). The fourth-order valence-electron chi connectivity index (χ4n) is 2.31. The van der Waals surface area contributed by atoms with Gasteiger partial charge in [-0.2, -0.15) is 0 Å². The molecule has 1 aromatic carbocycles. The number of sulfone groups is 1. The highest BCUT2D eigenvalue weighted by Crippen LogP contribution is 2.23. The first-order valence-electron chi connectivity index (χ1n) is 7.36. The molecule has 0 aliphatic rings. The van der Waals surface area contributed by atoms with Crippen LogP contribution in [0.3, 0.4) is 0 Å². The average Bonchev–Trinajstić information content (AvgIpc) is 2.53. The number of carbonyl (C=O) groups is 1. The highest BCUT2D eigenvalue weighted by molar-refractivity contribution is 7.92. The standard InChI is InChI=1S/C17H19NO5S/c1-17(16(20)21,24(2,22)23)11-10-13-8-9-14(18-15(13)19)12-6-4-3-5-7-12/h3-9H,10-11H2,1-2H3,(H,18,19)(H,20,21). The number of aryl methyl sites for hydroxylation is 1. The van der Waals surface area contributed by atoms with Crippen LogP contribution in [0.25, 0.3) is 11.3 Å². The monoisotopic (exact) mass is 349 g/mol. The Morgan fingerprint density at radius 3 is 2.29 bits per heavy atom. The number of nitrogens with one attached hydrogen (secondary N) is 1. The summed E-state index contributed by atoms with van der Waals surface area (Å²) in [5.74, 6) is -1.41. The molecule has 0 saturated heterocycles. The lowest BCUT2D eigenvalue weighted by Gasteiger charge is -2.22. The number of hydrogen-bond acceptors (Lipinski definition) is 4. The smallest absolute Gasteiger partial charge is 0.324 e. The normalized spacial score (nSPS) is 14.1. The highest BCUT2D eigenvalue weighted by atomic mass is 32.2. The molecular weight excluding hydrogens is 330 g/mol. The topological polar surface area (TPSA) is 104 Å². The Morgan fingerprint density at radius 2 is 1.79 bits per heavy atom. The third-order valence-corrected chi connectivity index (χ3v) is 6.23. The number of H-pyrrole nitrogens is 1. The van der Waals surface area contributed by atoms with Crippen molar-refractivity contribution in [3.63, 3.8) is 0 Å². The van der Waals surface area contributed by atoms with E-state index in [0.29, 0.717) is 11.3 Å². The maximum atomic E-state index is 12.2. The molecule has 0 spiro atoms. The number of pyridine rings is 1. The van der Waals surface area contributed by atoms with Crippen LogP contribution < -0.4 is 5.56 Å². The molecule has 7 heteroatoms. The number of carboxylic acid groups (broad SMARTS) is 1. The second-order valence-corrected chi connectivity index (χ2v) is 8.35. The fourth-order valence-corrected chi connectivity index (χ4v) is 3.10. The van der Waals surface area contributed by atoms with E-state index in [0.717, 1.165) is 18.7 Å². The molecule has 0 amide bonds. The maximum absolute atomic E-state index is 12.2. The third kappa shape index (κ3) is 3.56. The molecule has 2 aromatic rings. The zero-order chi connectivity index (χ0) is 18.0. The van der Waals surface area contributed by atoms with Gasteiger partial charge in [0.25, 0.3) is 5.56 Å². The van der Waals surface area contributed by atoms with Crippen LogP contribution in [-0.2, 0) is 21.1 Å². The zero-order valence-corrected chi connectivity index (χ0v) is 14.3. The van der Waals surface area contributed by atoms with Crippen LogP contribution in [0.2, 0.25) is 0 Å². The Balaban J connectivity index is 2.26. The van der Waals surface area contributed by atoms with Gasteiger partial charge in [0.2, 0.25) is 0 Å². The first-order chi connectivity index (χ1) is 11.1. The van der Waals surface area contributed by atoms with Gasteiger partial charge in [0, 0.05) is 17.5 Å². The van der Waals surface area contributed by atoms with Gasteiger partial charge in [-0.25, -0.2) is 8.42 Å². The quantitative estimate of drug-likeness (QED) is 0.828. The Bertz CT molecular complexity index is 902. The molecule has 0 bridgehead atoms. The molecule has 0 radical (unpaired) electrons. The van der Waals surface area contributed by atoms with Gasteiger partial charge in [0.05, 0.1) is 0 Å². The molecule has 2 N–H and O–H groups in total. The number of aliphatic carboxylic acids is 1. The number of rotatable bonds is 6. The van der Waals surface area contributed by atoms with Crippen LogP contribution in [-0.4, -0.2) is 35.5 Å². The molecule has 6 nitrogen and oxygen atoms in total. The lowest BCUT2D eigenvalue weighted by Crippen LogP contribution is -2.43. The predicted molar refractivity (Wildman–Crippen MR) is 91.7 cm³/mol. The molecule has 1 atom stereocenters. The predicted octanol–water partition coefficient (Wildman–Crippen LogP) is 1.86. The molecular formula is C17H19NO5S. The van der Waals surface area contributed by atoms with Crippen LogP contribution in [0.1, 0.15) is 18.9 Å². The van der Waals surface area contributed by atoms with E-state index in [1.54, 1.807) is 12.1 Å². The van der Waals surface area contributed by atoms with Gasteiger partial charge in [0.15, 0.2) is 14.6 Å². The summed E-state index contributed by atoms with van der Waals surface area (Å²) in [6.45, 7) is 1.16. The number of aromatic nitrogens is 1. The minimum Gasteiger partial charge on any atom is -0.480 e. The molecule has 0 fully saturated rings. The third-order valence-electron chi connectivity index (χ3n) is 4.22. The van der Waals surface area contributed by atoms with E-state index in [-0.39, 0.29) is 18.4 Å². The van der Waals surface area contributed by atoms with Gasteiger partial charge in [0.1, 0.15) is 0 Å². The minimum absolute atomic E-state index is 0.0558. The van der Waals surface area contributed by atoms with Gasteiger partial charge < -0.3 is 10.1 Å². The summed E-state index contributed by atoms with van der Waals surface area (Å²) < 4.78 is 21.6. The summed E-state index contributed by atoms with van der Waals surface area (Å²) in [5, 5.41) is 9.24. The molecule has 0 saturated carbocycles. The Hall–Kier alpha value is -2.41. The summed E-state index contributed by atoms with van der Waals surface area (Å²) >= 11 is 0. The van der Waals surface area contributed by atoms with Crippen molar-refractivity contribution in [2.75, 3.05) is 6.26 Å². The molecule has 128 valence electrons. The molecule has 0 aliphatic heterocycles. The summed E-state index contributed by atoms with van der Waals surface area (Å²) in [4.78, 5) is 26.3.